The van der Waals surface area contributed by atoms with Gasteiger partial charge >= 0.3 is 6.61 Å². The number of rotatable bonds is 4. The predicted molar refractivity (Wildman–Crippen MR) is 65.3 cm³/mol. The van der Waals surface area contributed by atoms with Crippen molar-refractivity contribution < 1.29 is 18.3 Å². The molecule has 0 radical (unpaired) electrons. The summed E-state index contributed by atoms with van der Waals surface area (Å²) in [5.74, 6) is -0.262. The molecule has 0 fully saturated rings. The van der Waals surface area contributed by atoms with Crippen LogP contribution in [0.25, 0.3) is 0 Å². The van der Waals surface area contributed by atoms with Gasteiger partial charge in [0.1, 0.15) is 5.75 Å². The first kappa shape index (κ1) is 12.9. The van der Waals surface area contributed by atoms with Crippen molar-refractivity contribution in [2.24, 2.45) is 0 Å². The number of pyridine rings is 1. The predicted octanol–water partition coefficient (Wildman–Crippen LogP) is 2.94. The molecule has 1 aromatic heterocycles. The highest BCUT2D eigenvalue weighted by molar-refractivity contribution is 6.04. The van der Waals surface area contributed by atoms with E-state index >= 15 is 0 Å². The fraction of sp³-hybridized carbons (Fsp3) is 0.0769. The molecule has 19 heavy (non-hydrogen) atoms. The lowest BCUT2D eigenvalue weighted by Gasteiger charge is -2.07. The van der Waals surface area contributed by atoms with Crippen molar-refractivity contribution in [3.8, 4) is 5.75 Å². The summed E-state index contributed by atoms with van der Waals surface area (Å²) in [6, 6.07) is 8.82. The number of amides is 1. The van der Waals surface area contributed by atoms with E-state index in [0.29, 0.717) is 11.3 Å². The largest absolute Gasteiger partial charge is 0.435 e. The number of carbonyl (C=O) groups is 1. The smallest absolute Gasteiger partial charge is 0.387 e. The maximum Gasteiger partial charge on any atom is 0.387 e. The number of nitrogens with one attached hydrogen (secondary N) is 1. The van der Waals surface area contributed by atoms with Crippen molar-refractivity contribution >= 4 is 11.6 Å². The Bertz CT molecular complexity index is 544. The molecular formula is C13H10F2N2O2. The van der Waals surface area contributed by atoms with E-state index in [2.05, 4.69) is 15.0 Å². The summed E-state index contributed by atoms with van der Waals surface area (Å²) in [7, 11) is 0. The lowest BCUT2D eigenvalue weighted by atomic mass is 10.2. The van der Waals surface area contributed by atoms with Crippen LogP contribution in [0, 0.1) is 0 Å². The number of hydrogen-bond acceptors (Lipinski definition) is 3. The van der Waals surface area contributed by atoms with Gasteiger partial charge < -0.3 is 10.1 Å². The number of ether oxygens (including phenoxy) is 1. The van der Waals surface area contributed by atoms with Crippen molar-refractivity contribution in [3.05, 3.63) is 54.4 Å². The number of hydrogen-bond donors (Lipinski definition) is 1. The number of benzene rings is 1. The van der Waals surface area contributed by atoms with E-state index in [0.717, 1.165) is 0 Å². The average Bonchev–Trinajstić information content (AvgIpc) is 2.41. The fourth-order valence-corrected chi connectivity index (χ4v) is 1.43. The van der Waals surface area contributed by atoms with Crippen LogP contribution in [0.4, 0.5) is 14.5 Å². The maximum atomic E-state index is 12.0. The van der Waals surface area contributed by atoms with Crippen LogP contribution in [-0.2, 0) is 0 Å². The fourth-order valence-electron chi connectivity index (χ4n) is 1.43. The first-order valence-electron chi connectivity index (χ1n) is 5.41. The summed E-state index contributed by atoms with van der Waals surface area (Å²) in [5.41, 5.74) is 0.950. The molecule has 1 N–H and O–H groups in total. The highest BCUT2D eigenvalue weighted by atomic mass is 19.3. The molecule has 0 saturated carbocycles. The molecule has 1 heterocycles. The van der Waals surface area contributed by atoms with Crippen LogP contribution in [-0.4, -0.2) is 17.5 Å². The van der Waals surface area contributed by atoms with Crippen LogP contribution in [0.15, 0.2) is 48.8 Å². The zero-order chi connectivity index (χ0) is 13.7. The lowest BCUT2D eigenvalue weighted by molar-refractivity contribution is -0.0498. The Balaban J connectivity index is 2.02. The number of carbonyl (C=O) groups excluding carboxylic acids is 1. The molecule has 2 aromatic rings. The van der Waals surface area contributed by atoms with Crippen molar-refractivity contribution in [1.82, 2.24) is 4.98 Å². The first-order chi connectivity index (χ1) is 9.15. The molecule has 0 aliphatic carbocycles. The van der Waals surface area contributed by atoms with Crippen LogP contribution in [0.3, 0.4) is 0 Å². The van der Waals surface area contributed by atoms with Crippen LogP contribution in [0.5, 0.6) is 5.75 Å². The number of aromatic nitrogens is 1. The monoisotopic (exact) mass is 264 g/mol. The van der Waals surface area contributed by atoms with E-state index in [1.807, 2.05) is 0 Å². The second kappa shape index (κ2) is 5.90. The van der Waals surface area contributed by atoms with Crippen molar-refractivity contribution in [3.63, 3.8) is 0 Å². The summed E-state index contributed by atoms with van der Waals surface area (Å²) < 4.78 is 28.1. The Morgan fingerprint density at radius 3 is 2.32 bits per heavy atom. The van der Waals surface area contributed by atoms with Crippen LogP contribution >= 0.6 is 0 Å². The third-order valence-electron chi connectivity index (χ3n) is 2.28. The van der Waals surface area contributed by atoms with Gasteiger partial charge in [0.15, 0.2) is 0 Å². The molecule has 4 nitrogen and oxygen atoms in total. The maximum absolute atomic E-state index is 12.0. The van der Waals surface area contributed by atoms with Crippen LogP contribution in [0.2, 0.25) is 0 Å². The van der Waals surface area contributed by atoms with Crippen molar-refractivity contribution in [2.45, 2.75) is 6.61 Å². The van der Waals surface area contributed by atoms with E-state index in [-0.39, 0.29) is 11.7 Å². The Kier molecular flexibility index (Phi) is 4.02. The topological polar surface area (TPSA) is 51.2 Å². The first-order valence-corrected chi connectivity index (χ1v) is 5.41. The third kappa shape index (κ3) is 3.74. The van der Waals surface area contributed by atoms with E-state index in [4.69, 9.17) is 0 Å². The summed E-state index contributed by atoms with van der Waals surface area (Å²) >= 11 is 0. The minimum absolute atomic E-state index is 0.0388. The molecule has 0 spiro atoms. The van der Waals surface area contributed by atoms with Gasteiger partial charge in [0.25, 0.3) is 5.91 Å². The zero-order valence-corrected chi connectivity index (χ0v) is 9.72. The highest BCUT2D eigenvalue weighted by Crippen LogP contribution is 2.18. The summed E-state index contributed by atoms with van der Waals surface area (Å²) in [6.45, 7) is -2.86. The van der Waals surface area contributed by atoms with Gasteiger partial charge in [-0.2, -0.15) is 8.78 Å². The molecule has 6 heteroatoms. The van der Waals surface area contributed by atoms with E-state index in [1.165, 1.54) is 36.7 Å². The van der Waals surface area contributed by atoms with E-state index < -0.39 is 6.61 Å². The molecule has 1 aromatic carbocycles. The van der Waals surface area contributed by atoms with Gasteiger partial charge in [0.2, 0.25) is 0 Å². The Morgan fingerprint density at radius 2 is 1.74 bits per heavy atom. The minimum Gasteiger partial charge on any atom is -0.435 e. The van der Waals surface area contributed by atoms with Gasteiger partial charge in [-0.1, -0.05) is 0 Å². The lowest BCUT2D eigenvalue weighted by Crippen LogP contribution is -2.11. The summed E-state index contributed by atoms with van der Waals surface area (Å²) in [4.78, 5) is 15.6. The third-order valence-corrected chi connectivity index (χ3v) is 2.28. The summed E-state index contributed by atoms with van der Waals surface area (Å²) in [5, 5.41) is 2.63. The molecule has 0 bridgehead atoms. The minimum atomic E-state index is -2.86. The number of anilines is 1. The normalized spacial score (nSPS) is 10.3. The SMILES string of the molecule is O=C(Nc1ccc(OC(F)F)cc1)c1ccncc1. The van der Waals surface area contributed by atoms with Gasteiger partial charge in [-0.15, -0.1) is 0 Å². The molecular weight excluding hydrogens is 254 g/mol. The second-order valence-electron chi connectivity index (χ2n) is 3.59. The molecule has 98 valence electrons. The second-order valence-corrected chi connectivity index (χ2v) is 3.59. The van der Waals surface area contributed by atoms with E-state index in [1.54, 1.807) is 12.1 Å². The standard InChI is InChI=1S/C13H10F2N2O2/c14-13(15)19-11-3-1-10(2-4-11)17-12(18)9-5-7-16-8-6-9/h1-8,13H,(H,17,18). The van der Waals surface area contributed by atoms with E-state index in [9.17, 15) is 13.6 Å². The van der Waals surface area contributed by atoms with Crippen LogP contribution in [0.1, 0.15) is 10.4 Å². The number of halogens is 2. The van der Waals surface area contributed by atoms with Crippen molar-refractivity contribution in [2.75, 3.05) is 5.32 Å². The van der Waals surface area contributed by atoms with Crippen molar-refractivity contribution in [1.29, 1.82) is 0 Å². The molecule has 0 aliphatic heterocycles. The molecule has 2 rings (SSSR count). The summed E-state index contributed by atoms with van der Waals surface area (Å²) in [6.07, 6.45) is 3.02. The Morgan fingerprint density at radius 1 is 1.11 bits per heavy atom. The quantitative estimate of drug-likeness (QED) is 0.923. The zero-order valence-electron chi connectivity index (χ0n) is 9.72. The van der Waals surface area contributed by atoms with Gasteiger partial charge in [-0.3, -0.25) is 9.78 Å². The van der Waals surface area contributed by atoms with Crippen LogP contribution < -0.4 is 10.1 Å². The Labute approximate surface area is 108 Å². The molecule has 0 atom stereocenters. The molecule has 0 saturated heterocycles. The average molecular weight is 264 g/mol. The number of nitrogens with zero attached hydrogens (tertiary/aromatic N) is 1. The molecule has 0 unspecified atom stereocenters. The van der Waals surface area contributed by atoms with Gasteiger partial charge in [-0.25, -0.2) is 0 Å². The molecule has 0 aliphatic rings. The van der Waals surface area contributed by atoms with Gasteiger partial charge in [0.05, 0.1) is 0 Å². The Hall–Kier alpha value is -2.50. The van der Waals surface area contributed by atoms with Gasteiger partial charge in [0, 0.05) is 23.6 Å². The highest BCUT2D eigenvalue weighted by Gasteiger charge is 2.07. The van der Waals surface area contributed by atoms with Gasteiger partial charge in [-0.05, 0) is 36.4 Å². The molecule has 1 amide bonds. The number of alkyl halides is 2.